The highest BCUT2D eigenvalue weighted by Gasteiger charge is 2.62. The van der Waals surface area contributed by atoms with Crippen molar-refractivity contribution in [3.8, 4) is 11.5 Å². The van der Waals surface area contributed by atoms with Gasteiger partial charge in [-0.05, 0) is 161 Å². The summed E-state index contributed by atoms with van der Waals surface area (Å²) in [6.07, 6.45) is 4.38. The summed E-state index contributed by atoms with van der Waals surface area (Å²) in [6.45, 7) is 5.35. The summed E-state index contributed by atoms with van der Waals surface area (Å²) in [5.41, 5.74) is 0.0555. The highest BCUT2D eigenvalue weighted by Crippen LogP contribution is 2.62. The summed E-state index contributed by atoms with van der Waals surface area (Å²) in [7, 11) is 4.16. The highest BCUT2D eigenvalue weighted by atomic mass is 35.5. The average molecular weight is 1280 g/mol. The van der Waals surface area contributed by atoms with Crippen molar-refractivity contribution in [3.05, 3.63) is 79.3 Å². The molecule has 0 bridgehead atoms. The van der Waals surface area contributed by atoms with Gasteiger partial charge in [-0.3, -0.25) is 28.8 Å². The van der Waals surface area contributed by atoms with Gasteiger partial charge in [-0.2, -0.15) is 0 Å². The van der Waals surface area contributed by atoms with E-state index in [1.807, 2.05) is 16.7 Å². The van der Waals surface area contributed by atoms with E-state index in [2.05, 4.69) is 20.6 Å². The number of esters is 1. The predicted octanol–water partition coefficient (Wildman–Crippen LogP) is 9.21. The molecule has 2 aromatic heterocycles. The van der Waals surface area contributed by atoms with Gasteiger partial charge in [0.05, 0.1) is 41.9 Å². The second-order valence-corrected chi connectivity index (χ2v) is 28.6. The quantitative estimate of drug-likeness (QED) is 0.0816. The number of halogens is 6. The number of aryl methyl sites for hydroxylation is 2. The van der Waals surface area contributed by atoms with Gasteiger partial charge in [-0.15, -0.1) is 10.2 Å². The van der Waals surface area contributed by atoms with Gasteiger partial charge >= 0.3 is 11.9 Å². The molecule has 8 fully saturated rings. The van der Waals surface area contributed by atoms with Crippen LogP contribution in [0.2, 0.25) is 10.0 Å². The molecule has 1 N–H and O–H groups in total. The summed E-state index contributed by atoms with van der Waals surface area (Å²) < 4.78 is 74.7. The fourth-order valence-corrected chi connectivity index (χ4v) is 16.9. The molecular formula is C63H74Cl2F4N10O10. The van der Waals surface area contributed by atoms with Crippen molar-refractivity contribution >= 4 is 58.8 Å². The maximum Gasteiger partial charge on any atom is 0.312 e. The van der Waals surface area contributed by atoms with Crippen molar-refractivity contribution in [2.45, 2.75) is 142 Å². The van der Waals surface area contributed by atoms with Gasteiger partial charge in [-0.25, -0.2) is 26.9 Å². The van der Waals surface area contributed by atoms with Crippen LogP contribution < -0.4 is 9.47 Å². The molecular weight excluding hydrogens is 1200 g/mol. The van der Waals surface area contributed by atoms with Gasteiger partial charge < -0.3 is 38.9 Å². The Bertz CT molecular complexity index is 3560. The van der Waals surface area contributed by atoms with E-state index in [9.17, 15) is 51.4 Å². The Balaban J connectivity index is 0.000000164. The molecule has 4 amide bonds. The minimum absolute atomic E-state index is 0.000961. The second-order valence-electron chi connectivity index (χ2n) is 27.8. The minimum atomic E-state index is -2.80. The first-order valence-corrected chi connectivity index (χ1v) is 31.8. The van der Waals surface area contributed by atoms with Crippen molar-refractivity contribution in [1.29, 1.82) is 0 Å². The third-order valence-corrected chi connectivity index (χ3v) is 22.8. The molecule has 14 rings (SSSR count). The number of carbonyl (C=O) groups excluding carboxylic acids is 5. The van der Waals surface area contributed by atoms with Crippen LogP contribution in [0.15, 0.2) is 24.3 Å². The van der Waals surface area contributed by atoms with Gasteiger partial charge in [0, 0.05) is 87.4 Å². The number of hydrogen-bond acceptors (Lipinski definition) is 13. The number of alkyl halides is 4. The van der Waals surface area contributed by atoms with Crippen LogP contribution in [0.3, 0.4) is 0 Å². The monoisotopic (exact) mass is 1280 g/mol. The lowest BCUT2D eigenvalue weighted by Gasteiger charge is -2.45. The van der Waals surface area contributed by atoms with Crippen LogP contribution in [0, 0.1) is 57.2 Å². The van der Waals surface area contributed by atoms with Gasteiger partial charge in [-0.1, -0.05) is 33.6 Å². The molecule has 6 aliphatic carbocycles. The summed E-state index contributed by atoms with van der Waals surface area (Å²) in [5, 5.41) is 26.5. The number of ether oxygens (including phenoxy) is 3. The second kappa shape index (κ2) is 22.7. The number of rotatable bonds is 16. The van der Waals surface area contributed by atoms with E-state index in [4.69, 9.17) is 37.4 Å². The van der Waals surface area contributed by atoms with Crippen LogP contribution in [-0.2, 0) is 73.7 Å². The fraction of sp³-hybridized carbons (Fsp3) is 0.651. The number of methoxy groups -OCH3 is 1. The van der Waals surface area contributed by atoms with Crippen LogP contribution in [0.1, 0.15) is 161 Å². The first kappa shape index (κ1) is 61.3. The van der Waals surface area contributed by atoms with E-state index >= 15 is 0 Å². The zero-order valence-electron chi connectivity index (χ0n) is 50.5. The summed E-state index contributed by atoms with van der Waals surface area (Å²) in [5.74, 6) is -0.640. The Hall–Kier alpha value is -6.56. The Morgan fingerprint density at radius 2 is 1.06 bits per heavy atom. The molecule has 0 unspecified atom stereocenters. The molecule has 2 aromatic carbocycles. The topological polar surface area (TPSA) is 225 Å². The zero-order chi connectivity index (χ0) is 63.0. The van der Waals surface area contributed by atoms with Crippen LogP contribution in [0.25, 0.3) is 0 Å². The number of fused-ring (bicyclic) bond motifs is 4. The normalized spacial score (nSPS) is 29.8. The summed E-state index contributed by atoms with van der Waals surface area (Å²) in [4.78, 5) is 88.6. The molecule has 2 spiro atoms. The molecule has 10 atom stereocenters. The molecule has 26 heteroatoms. The van der Waals surface area contributed by atoms with Crippen LogP contribution >= 0.6 is 23.2 Å². The lowest BCUT2D eigenvalue weighted by atomic mass is 9.66. The highest BCUT2D eigenvalue weighted by molar-refractivity contribution is 6.32. The lowest BCUT2D eigenvalue weighted by molar-refractivity contribution is -0.165. The third-order valence-electron chi connectivity index (χ3n) is 22.1. The molecule has 0 radical (unpaired) electrons. The number of aromatic nitrogens is 6. The Labute approximate surface area is 522 Å². The van der Waals surface area contributed by atoms with E-state index in [0.717, 1.165) is 59.0 Å². The van der Waals surface area contributed by atoms with Crippen molar-refractivity contribution in [2.75, 3.05) is 46.4 Å². The molecule has 4 aromatic rings. The Morgan fingerprint density at radius 3 is 1.44 bits per heavy atom. The molecule has 2 saturated heterocycles. The largest absolute Gasteiger partial charge is 0.487 e. The van der Waals surface area contributed by atoms with E-state index in [-0.39, 0.29) is 89.5 Å². The first-order valence-electron chi connectivity index (χ1n) is 31.0. The smallest absolute Gasteiger partial charge is 0.312 e. The number of hydrogen-bond donors (Lipinski definition) is 1. The SMILES string of the molecule is COC(=O)[C@@]1(C)C[C@@H]2C[C@@H]2C[C@H]1C(=O)N1CCc2c(Cl)ccc(OCc3nnn(C)c3C(F)F)c2[C@H]1CN1CC2(CC2)CC1=O.Cn1nnc(COc2ccc(Cl)c3c2[C@@H](CN2CC4(CC4)CC2=O)N(C(=O)[C@@H]2C[C@H]4C[C@H]4C[C@]2(C)C(=O)O)CC3)c1C(F)F. The van der Waals surface area contributed by atoms with Crippen LogP contribution in [-0.4, -0.2) is 137 Å². The standard InChI is InChI=1S/C32H38ClF2N5O5.C31H36ClF2N5O5/c1-31(30(43)44-3)12-18-10-17(18)11-20(31)29(42)40-9-6-19-21(33)4-5-24(45-15-22-27(28(34)35)38(2)37-36-22)26(19)23(40)14-39-16-32(7-8-32)13-25(39)41;1-30(29(42)43)11-17-9-16(17)10-19(30)28(41)39-8-5-18-20(32)3-4-23(44-14-21-26(27(33)34)37(2)36-35-21)25(18)22(39)13-38-15-31(6-7-31)12-24(38)40/h4-5,17-18,20,23,28H,6-16H2,1-3H3;3-4,16-17,19,22,27H,5-15H2,1-2H3,(H,42,43)/t17-,18+,20+,23-,31+;16-,17+,19+,22-,30+/m11/s1. The van der Waals surface area contributed by atoms with Crippen LogP contribution in [0.4, 0.5) is 17.6 Å². The minimum Gasteiger partial charge on any atom is -0.487 e. The zero-order valence-corrected chi connectivity index (χ0v) is 52.0. The number of likely N-dealkylation sites (tertiary alicyclic amines) is 2. The number of carbonyl (C=O) groups is 6. The number of benzene rings is 2. The number of amides is 4. The van der Waals surface area contributed by atoms with Crippen LogP contribution in [0.5, 0.6) is 11.5 Å². The van der Waals surface area contributed by atoms with Gasteiger partial charge in [0.2, 0.25) is 23.6 Å². The number of nitrogens with zero attached hydrogens (tertiary/aromatic N) is 10. The van der Waals surface area contributed by atoms with E-state index < -0.39 is 53.6 Å². The maximum atomic E-state index is 14.7. The van der Waals surface area contributed by atoms with E-state index in [0.29, 0.717) is 134 Å². The molecule has 478 valence electrons. The average Bonchev–Trinajstić information content (AvgIpc) is 1.73. The Kier molecular flexibility index (Phi) is 15.6. The van der Waals surface area contributed by atoms with Gasteiger partial charge in [0.25, 0.3) is 12.9 Å². The maximum absolute atomic E-state index is 14.7. The molecule has 4 aliphatic heterocycles. The number of aliphatic carboxylic acids is 1. The fourth-order valence-electron chi connectivity index (χ4n) is 16.3. The molecule has 89 heavy (non-hydrogen) atoms. The van der Waals surface area contributed by atoms with E-state index in [1.165, 1.54) is 21.2 Å². The summed E-state index contributed by atoms with van der Waals surface area (Å²) in [6, 6.07) is 5.48. The van der Waals surface area contributed by atoms with Gasteiger partial charge in [0.15, 0.2) is 0 Å². The van der Waals surface area contributed by atoms with Gasteiger partial charge in [0.1, 0.15) is 47.5 Å². The van der Waals surface area contributed by atoms with Crippen molar-refractivity contribution < 1.29 is 65.6 Å². The van der Waals surface area contributed by atoms with Crippen molar-refractivity contribution in [2.24, 2.45) is 71.3 Å². The summed E-state index contributed by atoms with van der Waals surface area (Å²) >= 11 is 13.5. The Morgan fingerprint density at radius 1 is 0.640 bits per heavy atom. The van der Waals surface area contributed by atoms with E-state index in [1.54, 1.807) is 41.0 Å². The van der Waals surface area contributed by atoms with Crippen molar-refractivity contribution in [1.82, 2.24) is 49.6 Å². The number of carboxylic acid groups (broad SMARTS) is 1. The molecule has 6 saturated carbocycles. The van der Waals surface area contributed by atoms with Crippen molar-refractivity contribution in [3.63, 3.8) is 0 Å². The molecule has 10 aliphatic rings. The lowest BCUT2D eigenvalue weighted by Crippen LogP contribution is -2.53. The third kappa shape index (κ3) is 11.1. The predicted molar refractivity (Wildman–Crippen MR) is 310 cm³/mol. The molecule has 6 heterocycles. The number of carboxylic acids is 1. The first-order chi connectivity index (χ1) is 42.3. The molecule has 20 nitrogen and oxygen atoms in total.